The van der Waals surface area contributed by atoms with Crippen molar-refractivity contribution in [2.75, 3.05) is 0 Å². The minimum Gasteiger partial charge on any atom is -0.508 e. The number of aryl methyl sites for hydroxylation is 1. The van der Waals surface area contributed by atoms with Gasteiger partial charge in [-0.15, -0.1) is 4.83 Å². The Morgan fingerprint density at radius 3 is 2.41 bits per heavy atom. The van der Waals surface area contributed by atoms with Gasteiger partial charge in [-0.05, 0) is 94.0 Å². The van der Waals surface area contributed by atoms with E-state index in [1.807, 2.05) is 13.0 Å². The van der Waals surface area contributed by atoms with Gasteiger partial charge in [-0.25, -0.2) is 13.8 Å². The standard InChI is InChI=1S/C32H48N2O4S/c1-7-8-9-10-19-31(3,4)23-20-28(35)30-26-17-13-24(14-18-27(26)32(5,6)38-29(30)21-23)33-34-39(36,37)25-15-11-22(2)12-16-25/h11-12,15-16,20-21,24,26-27,33-35H,7-10,13-14,17-19H2,1-6H3/t24?,26-,27-/m1/s1. The van der Waals surface area contributed by atoms with E-state index in [0.29, 0.717) is 5.75 Å². The Balaban J connectivity index is 1.50. The largest absolute Gasteiger partial charge is 0.508 e. The van der Waals surface area contributed by atoms with Gasteiger partial charge in [0, 0.05) is 17.5 Å². The number of phenols is 1. The minimum atomic E-state index is -3.65. The third-order valence-electron chi connectivity index (χ3n) is 9.06. The van der Waals surface area contributed by atoms with Crippen LogP contribution in [0.4, 0.5) is 0 Å². The van der Waals surface area contributed by atoms with E-state index in [2.05, 4.69) is 50.9 Å². The molecule has 0 amide bonds. The Bertz CT molecular complexity index is 1240. The molecule has 3 atom stereocenters. The molecule has 0 bridgehead atoms. The Hall–Kier alpha value is -2.09. The summed E-state index contributed by atoms with van der Waals surface area (Å²) in [6, 6.07) is 11.0. The minimum absolute atomic E-state index is 0.00135. The summed E-state index contributed by atoms with van der Waals surface area (Å²) in [5.74, 6) is 1.53. The monoisotopic (exact) mass is 556 g/mol. The number of fused-ring (bicyclic) bond motifs is 3. The molecule has 6 nitrogen and oxygen atoms in total. The van der Waals surface area contributed by atoms with Crippen molar-refractivity contribution in [3.05, 3.63) is 53.1 Å². The van der Waals surface area contributed by atoms with Crippen LogP contribution in [0.15, 0.2) is 41.3 Å². The molecule has 0 radical (unpaired) electrons. The number of rotatable bonds is 10. The molecule has 1 fully saturated rings. The molecular formula is C32H48N2O4S. The van der Waals surface area contributed by atoms with Crippen LogP contribution in [0.3, 0.4) is 0 Å². The van der Waals surface area contributed by atoms with Gasteiger partial charge in [-0.2, -0.15) is 0 Å². The van der Waals surface area contributed by atoms with Gasteiger partial charge in [0.2, 0.25) is 0 Å². The zero-order chi connectivity index (χ0) is 28.4. The first-order valence-electron chi connectivity index (χ1n) is 14.7. The van der Waals surface area contributed by atoms with Crippen LogP contribution in [0.2, 0.25) is 0 Å². The first-order valence-corrected chi connectivity index (χ1v) is 16.2. The van der Waals surface area contributed by atoms with E-state index < -0.39 is 10.0 Å². The maximum absolute atomic E-state index is 12.8. The molecule has 1 aliphatic carbocycles. The topological polar surface area (TPSA) is 87.7 Å². The molecule has 2 aromatic carbocycles. The predicted molar refractivity (Wildman–Crippen MR) is 158 cm³/mol. The van der Waals surface area contributed by atoms with Crippen LogP contribution in [0, 0.1) is 12.8 Å². The molecule has 39 heavy (non-hydrogen) atoms. The van der Waals surface area contributed by atoms with Crippen molar-refractivity contribution in [2.45, 2.75) is 127 Å². The van der Waals surface area contributed by atoms with Crippen LogP contribution >= 0.6 is 0 Å². The lowest BCUT2D eigenvalue weighted by molar-refractivity contribution is 0.00547. The summed E-state index contributed by atoms with van der Waals surface area (Å²) < 4.78 is 32.3. The predicted octanol–water partition coefficient (Wildman–Crippen LogP) is 7.25. The molecular weight excluding hydrogens is 508 g/mol. The van der Waals surface area contributed by atoms with Crippen molar-refractivity contribution in [2.24, 2.45) is 5.92 Å². The zero-order valence-electron chi connectivity index (χ0n) is 24.6. The molecule has 1 heterocycles. The van der Waals surface area contributed by atoms with Crippen molar-refractivity contribution in [3.63, 3.8) is 0 Å². The zero-order valence-corrected chi connectivity index (χ0v) is 25.5. The fourth-order valence-corrected chi connectivity index (χ4v) is 7.46. The molecule has 7 heteroatoms. The van der Waals surface area contributed by atoms with Crippen LogP contribution in [0.25, 0.3) is 0 Å². The highest BCUT2D eigenvalue weighted by Crippen LogP contribution is 2.54. The lowest BCUT2D eigenvalue weighted by Crippen LogP contribution is -2.45. The smallest absolute Gasteiger partial charge is 0.253 e. The highest BCUT2D eigenvalue weighted by atomic mass is 32.2. The second-order valence-corrected chi connectivity index (χ2v) is 14.6. The average molecular weight is 557 g/mol. The van der Waals surface area contributed by atoms with Gasteiger partial charge in [0.25, 0.3) is 10.0 Å². The van der Waals surface area contributed by atoms with Crippen LogP contribution in [0.5, 0.6) is 11.5 Å². The van der Waals surface area contributed by atoms with E-state index in [4.69, 9.17) is 4.74 Å². The van der Waals surface area contributed by atoms with Crippen molar-refractivity contribution < 1.29 is 18.3 Å². The molecule has 1 saturated carbocycles. The average Bonchev–Trinajstić information content (AvgIpc) is 3.09. The number of hydrogen-bond acceptors (Lipinski definition) is 5. The van der Waals surface area contributed by atoms with Crippen molar-refractivity contribution in [1.29, 1.82) is 0 Å². The van der Waals surface area contributed by atoms with Crippen LogP contribution in [0.1, 0.15) is 115 Å². The van der Waals surface area contributed by atoms with E-state index in [-0.39, 0.29) is 33.8 Å². The number of phenolic OH excluding ortho intramolecular Hbond substituents is 1. The molecule has 0 aromatic heterocycles. The fourth-order valence-electron chi connectivity index (χ4n) is 6.52. The van der Waals surface area contributed by atoms with Gasteiger partial charge in [-0.1, -0.05) is 64.2 Å². The molecule has 1 unspecified atom stereocenters. The summed E-state index contributed by atoms with van der Waals surface area (Å²) in [5.41, 5.74) is 5.75. The summed E-state index contributed by atoms with van der Waals surface area (Å²) in [5, 5.41) is 11.3. The lowest BCUT2D eigenvalue weighted by atomic mass is 9.70. The molecule has 0 saturated heterocycles. The third-order valence-corrected chi connectivity index (χ3v) is 10.3. The number of benzene rings is 2. The van der Waals surface area contributed by atoms with E-state index in [1.165, 1.54) is 25.7 Å². The number of sulfonamides is 1. The third kappa shape index (κ3) is 6.80. The molecule has 1 aliphatic heterocycles. The Morgan fingerprint density at radius 1 is 1.03 bits per heavy atom. The molecule has 2 aromatic rings. The van der Waals surface area contributed by atoms with E-state index in [0.717, 1.165) is 54.5 Å². The van der Waals surface area contributed by atoms with Crippen LogP contribution in [-0.2, 0) is 15.4 Å². The van der Waals surface area contributed by atoms with Crippen LogP contribution in [-0.4, -0.2) is 25.2 Å². The summed E-state index contributed by atoms with van der Waals surface area (Å²) in [6.07, 6.45) is 9.33. The quantitative estimate of drug-likeness (QED) is 0.212. The Kier molecular flexibility index (Phi) is 9.04. The molecule has 3 N–H and O–H groups in total. The Labute approximate surface area is 236 Å². The maximum atomic E-state index is 12.8. The molecule has 0 spiro atoms. The van der Waals surface area contributed by atoms with Gasteiger partial charge in [0.15, 0.2) is 0 Å². The molecule has 216 valence electrons. The first kappa shape index (κ1) is 29.9. The number of unbranched alkanes of at least 4 members (excludes halogenated alkanes) is 3. The van der Waals surface area contributed by atoms with Gasteiger partial charge < -0.3 is 9.84 Å². The highest BCUT2D eigenvalue weighted by Gasteiger charge is 2.46. The SMILES string of the molecule is CCCCCCC(C)(C)c1cc(O)c2c(c1)OC(C)(C)[C@@H]1CCC(NNS(=O)(=O)c3ccc(C)cc3)CC[C@@H]21. The van der Waals surface area contributed by atoms with Gasteiger partial charge in [0.1, 0.15) is 17.1 Å². The number of ether oxygens (including phenoxy) is 1. The second kappa shape index (κ2) is 11.8. The number of aromatic hydroxyl groups is 1. The number of hydrazine groups is 1. The lowest BCUT2D eigenvalue weighted by Gasteiger charge is -2.45. The highest BCUT2D eigenvalue weighted by molar-refractivity contribution is 7.89. The van der Waals surface area contributed by atoms with Crippen LogP contribution < -0.4 is 15.0 Å². The first-order chi connectivity index (χ1) is 18.3. The normalized spacial score (nSPS) is 22.9. The summed E-state index contributed by atoms with van der Waals surface area (Å²) in [4.78, 5) is 2.87. The number of nitrogens with one attached hydrogen (secondary N) is 2. The van der Waals surface area contributed by atoms with Gasteiger partial charge in [-0.3, -0.25) is 0 Å². The van der Waals surface area contributed by atoms with Crippen molar-refractivity contribution in [3.8, 4) is 11.5 Å². The summed E-state index contributed by atoms with van der Waals surface area (Å²) in [7, 11) is -3.65. The number of hydrogen-bond donors (Lipinski definition) is 3. The van der Waals surface area contributed by atoms with Crippen molar-refractivity contribution in [1.82, 2.24) is 10.3 Å². The summed E-state index contributed by atoms with van der Waals surface area (Å²) >= 11 is 0. The molecule has 4 rings (SSSR count). The van der Waals surface area contributed by atoms with Gasteiger partial charge >= 0.3 is 0 Å². The van der Waals surface area contributed by atoms with Gasteiger partial charge in [0.05, 0.1) is 4.90 Å². The van der Waals surface area contributed by atoms with E-state index >= 15 is 0 Å². The Morgan fingerprint density at radius 2 is 1.72 bits per heavy atom. The van der Waals surface area contributed by atoms with Crippen molar-refractivity contribution >= 4 is 10.0 Å². The fraction of sp³-hybridized carbons (Fsp3) is 0.625. The van der Waals surface area contributed by atoms with E-state index in [9.17, 15) is 13.5 Å². The summed E-state index contributed by atoms with van der Waals surface area (Å²) in [6.45, 7) is 13.0. The maximum Gasteiger partial charge on any atom is 0.253 e. The second-order valence-electron chi connectivity index (χ2n) is 12.9. The van der Waals surface area contributed by atoms with E-state index in [1.54, 1.807) is 24.3 Å². The molecule has 2 aliphatic rings.